The molecular weight excluding hydrogens is 384 g/mol. The average molecular weight is 423 g/mol. The number of allylic oxidation sites excluding steroid dienone is 3. The van der Waals surface area contributed by atoms with Crippen LogP contribution in [0, 0.1) is 29.6 Å². The summed E-state index contributed by atoms with van der Waals surface area (Å²) in [5.74, 6) is -0.406. The van der Waals surface area contributed by atoms with Crippen LogP contribution in [-0.4, -0.2) is 45.6 Å². The Morgan fingerprint density at radius 1 is 1.23 bits per heavy atom. The molecule has 1 unspecified atom stereocenters. The second-order valence-electron chi connectivity index (χ2n) is 9.29. The number of aliphatic hydroxyl groups is 2. The lowest BCUT2D eigenvalue weighted by molar-refractivity contribution is -0.158. The number of carboxylic acid groups (broad SMARTS) is 1. The third kappa shape index (κ3) is 6.67. The first-order valence-corrected chi connectivity index (χ1v) is 11.3. The van der Waals surface area contributed by atoms with Crippen LogP contribution in [0.5, 0.6) is 0 Å². The standard InChI is InChI=1S/C24H38O6/c1-5-15(3)24(29)30-21-11-14(2)10-17-7-6-16(4)20(23(17)21)9-8-18(25)12-19(26)13-22(27)28/h6-7,10,14-16,18-21,23,25-26H,5,8-9,11-13H2,1-4H3,(H,27,28)/t14-,15-,16-,18+,19+,20-,21-,23?/m0/s1. The van der Waals surface area contributed by atoms with Gasteiger partial charge in [-0.1, -0.05) is 45.9 Å². The summed E-state index contributed by atoms with van der Waals surface area (Å²) in [7, 11) is 0. The molecule has 0 spiro atoms. The lowest BCUT2D eigenvalue weighted by atomic mass is 9.65. The van der Waals surface area contributed by atoms with Gasteiger partial charge in [0, 0.05) is 5.92 Å². The Hall–Kier alpha value is -1.66. The van der Waals surface area contributed by atoms with E-state index < -0.39 is 18.2 Å². The van der Waals surface area contributed by atoms with Crippen molar-refractivity contribution >= 4 is 11.9 Å². The lowest BCUT2D eigenvalue weighted by Gasteiger charge is -2.43. The number of aliphatic hydroxyl groups excluding tert-OH is 2. The van der Waals surface area contributed by atoms with E-state index in [1.165, 1.54) is 5.57 Å². The number of esters is 1. The van der Waals surface area contributed by atoms with Crippen LogP contribution in [0.15, 0.2) is 23.8 Å². The summed E-state index contributed by atoms with van der Waals surface area (Å²) in [6.45, 7) is 8.16. The summed E-state index contributed by atoms with van der Waals surface area (Å²) in [6.07, 6.45) is 7.07. The highest BCUT2D eigenvalue weighted by Crippen LogP contribution is 2.45. The van der Waals surface area contributed by atoms with E-state index in [0.717, 1.165) is 19.3 Å². The Labute approximate surface area is 180 Å². The number of ether oxygens (including phenoxy) is 1. The smallest absolute Gasteiger partial charge is 0.308 e. The molecule has 0 aliphatic heterocycles. The first kappa shape index (κ1) is 24.6. The molecule has 2 aliphatic carbocycles. The maximum atomic E-state index is 12.5. The van der Waals surface area contributed by atoms with Crippen molar-refractivity contribution in [3.8, 4) is 0 Å². The Morgan fingerprint density at radius 3 is 2.57 bits per heavy atom. The maximum Gasteiger partial charge on any atom is 0.308 e. The molecule has 0 amide bonds. The molecule has 0 aromatic rings. The normalized spacial score (nSPS) is 31.3. The fraction of sp³-hybridized carbons (Fsp3) is 0.750. The molecule has 0 aromatic carbocycles. The van der Waals surface area contributed by atoms with Crippen molar-refractivity contribution in [3.05, 3.63) is 23.8 Å². The molecule has 6 nitrogen and oxygen atoms in total. The summed E-state index contributed by atoms with van der Waals surface area (Å²) in [5, 5.41) is 28.9. The fourth-order valence-corrected chi connectivity index (χ4v) is 4.76. The number of hydrogen-bond acceptors (Lipinski definition) is 5. The number of rotatable bonds is 10. The Bertz CT molecular complexity index is 654. The molecule has 0 heterocycles. The SMILES string of the molecule is CC[C@H](C)C(=O)O[C@H]1C[C@@H](C)C=C2C=C[C@H](C)[C@H](CC[C@@H](O)C[C@@H](O)CC(=O)O)C21. The van der Waals surface area contributed by atoms with Gasteiger partial charge in [-0.2, -0.15) is 0 Å². The molecule has 6 heteroatoms. The van der Waals surface area contributed by atoms with Gasteiger partial charge in [-0.15, -0.1) is 0 Å². The van der Waals surface area contributed by atoms with E-state index in [0.29, 0.717) is 12.3 Å². The first-order chi connectivity index (χ1) is 14.1. The van der Waals surface area contributed by atoms with Crippen molar-refractivity contribution in [2.45, 2.75) is 84.5 Å². The summed E-state index contributed by atoms with van der Waals surface area (Å²) >= 11 is 0. The summed E-state index contributed by atoms with van der Waals surface area (Å²) in [5.41, 5.74) is 1.21. The average Bonchev–Trinajstić information content (AvgIpc) is 2.65. The van der Waals surface area contributed by atoms with Gasteiger partial charge in [0.1, 0.15) is 6.10 Å². The van der Waals surface area contributed by atoms with Gasteiger partial charge >= 0.3 is 11.9 Å². The molecule has 30 heavy (non-hydrogen) atoms. The van der Waals surface area contributed by atoms with E-state index in [-0.39, 0.29) is 48.6 Å². The van der Waals surface area contributed by atoms with Crippen LogP contribution in [0.4, 0.5) is 0 Å². The molecule has 8 atom stereocenters. The van der Waals surface area contributed by atoms with Gasteiger partial charge in [-0.05, 0) is 55.4 Å². The van der Waals surface area contributed by atoms with Crippen molar-refractivity contribution in [3.63, 3.8) is 0 Å². The zero-order valence-corrected chi connectivity index (χ0v) is 18.7. The molecule has 3 N–H and O–H groups in total. The van der Waals surface area contributed by atoms with Crippen molar-refractivity contribution in [1.29, 1.82) is 0 Å². The Morgan fingerprint density at radius 2 is 1.93 bits per heavy atom. The van der Waals surface area contributed by atoms with Crippen molar-refractivity contribution in [2.24, 2.45) is 29.6 Å². The summed E-state index contributed by atoms with van der Waals surface area (Å²) in [4.78, 5) is 23.2. The van der Waals surface area contributed by atoms with Gasteiger partial charge < -0.3 is 20.1 Å². The molecule has 0 saturated heterocycles. The van der Waals surface area contributed by atoms with Crippen LogP contribution < -0.4 is 0 Å². The van der Waals surface area contributed by atoms with Gasteiger partial charge in [0.15, 0.2) is 0 Å². The van der Waals surface area contributed by atoms with Crippen LogP contribution in [0.2, 0.25) is 0 Å². The molecule has 0 bridgehead atoms. The van der Waals surface area contributed by atoms with Crippen LogP contribution in [-0.2, 0) is 14.3 Å². The van der Waals surface area contributed by atoms with E-state index >= 15 is 0 Å². The molecule has 2 aliphatic rings. The predicted molar refractivity (Wildman–Crippen MR) is 115 cm³/mol. The number of carbonyl (C=O) groups is 2. The highest BCUT2D eigenvalue weighted by molar-refractivity contribution is 5.72. The van der Waals surface area contributed by atoms with Crippen LogP contribution in [0.3, 0.4) is 0 Å². The van der Waals surface area contributed by atoms with Crippen molar-refractivity contribution < 1.29 is 29.6 Å². The monoisotopic (exact) mass is 422 g/mol. The lowest BCUT2D eigenvalue weighted by Crippen LogP contribution is -2.41. The van der Waals surface area contributed by atoms with Gasteiger partial charge in [-0.25, -0.2) is 0 Å². The van der Waals surface area contributed by atoms with Crippen molar-refractivity contribution in [2.75, 3.05) is 0 Å². The minimum atomic E-state index is -1.07. The zero-order valence-electron chi connectivity index (χ0n) is 18.7. The van der Waals surface area contributed by atoms with Crippen LogP contribution in [0.25, 0.3) is 0 Å². The molecular formula is C24H38O6. The second-order valence-corrected chi connectivity index (χ2v) is 9.29. The molecule has 2 rings (SSSR count). The van der Waals surface area contributed by atoms with E-state index in [1.807, 2.05) is 13.8 Å². The molecule has 0 fully saturated rings. The zero-order chi connectivity index (χ0) is 22.4. The minimum Gasteiger partial charge on any atom is -0.481 e. The number of hydrogen-bond donors (Lipinski definition) is 3. The quantitative estimate of drug-likeness (QED) is 0.464. The highest BCUT2D eigenvalue weighted by Gasteiger charge is 2.41. The fourth-order valence-electron chi connectivity index (χ4n) is 4.76. The maximum absolute atomic E-state index is 12.5. The number of carboxylic acids is 1. The number of fused-ring (bicyclic) bond motifs is 1. The third-order valence-corrected chi connectivity index (χ3v) is 6.67. The van der Waals surface area contributed by atoms with E-state index in [9.17, 15) is 19.8 Å². The molecule has 0 radical (unpaired) electrons. The summed E-state index contributed by atoms with van der Waals surface area (Å²) < 4.78 is 6.00. The summed E-state index contributed by atoms with van der Waals surface area (Å²) in [6, 6.07) is 0. The number of carbonyl (C=O) groups excluding carboxylic acids is 1. The van der Waals surface area contributed by atoms with Crippen LogP contribution >= 0.6 is 0 Å². The number of aliphatic carboxylic acids is 1. The molecule has 0 aromatic heterocycles. The van der Waals surface area contributed by atoms with Crippen molar-refractivity contribution in [1.82, 2.24) is 0 Å². The van der Waals surface area contributed by atoms with Gasteiger partial charge in [0.2, 0.25) is 0 Å². The van der Waals surface area contributed by atoms with Gasteiger partial charge in [-0.3, -0.25) is 9.59 Å². The third-order valence-electron chi connectivity index (χ3n) is 6.67. The predicted octanol–water partition coefficient (Wildman–Crippen LogP) is 3.72. The Kier molecular flexibility index (Phi) is 9.10. The minimum absolute atomic E-state index is 0.0556. The highest BCUT2D eigenvalue weighted by atomic mass is 16.5. The van der Waals surface area contributed by atoms with E-state index in [2.05, 4.69) is 32.1 Å². The molecule has 0 saturated carbocycles. The van der Waals surface area contributed by atoms with Gasteiger partial charge in [0.05, 0.1) is 24.5 Å². The largest absolute Gasteiger partial charge is 0.481 e. The molecule has 170 valence electrons. The first-order valence-electron chi connectivity index (χ1n) is 11.3. The topological polar surface area (TPSA) is 104 Å². The van der Waals surface area contributed by atoms with E-state index in [1.54, 1.807) is 0 Å². The second kappa shape index (κ2) is 11.1. The van der Waals surface area contributed by atoms with E-state index in [4.69, 9.17) is 9.84 Å². The van der Waals surface area contributed by atoms with Crippen LogP contribution in [0.1, 0.15) is 66.2 Å². The van der Waals surface area contributed by atoms with Gasteiger partial charge in [0.25, 0.3) is 0 Å². The Balaban J connectivity index is 2.09.